The maximum Gasteiger partial charge on any atom is 0.123 e. The van der Waals surface area contributed by atoms with Crippen LogP contribution in [-0.2, 0) is 0 Å². The number of hydrogen-bond donors (Lipinski definition) is 1. The van der Waals surface area contributed by atoms with Crippen molar-refractivity contribution in [1.82, 2.24) is 0 Å². The first-order valence-corrected chi connectivity index (χ1v) is 7.01. The predicted octanol–water partition coefficient (Wildman–Crippen LogP) is 4.23. The molecule has 4 heteroatoms. The molecule has 0 saturated carbocycles. The first-order chi connectivity index (χ1) is 9.78. The predicted molar refractivity (Wildman–Crippen MR) is 83.0 cm³/mol. The van der Waals surface area contributed by atoms with Gasteiger partial charge in [0.25, 0.3) is 0 Å². The molecule has 0 heterocycles. The molecule has 0 radical (unpaired) electrons. The molecule has 2 aromatic carbocycles. The number of ether oxygens (including phenoxy) is 2. The second-order valence-electron chi connectivity index (χ2n) is 4.19. The molecular formula is C16H18ClNO2. The van der Waals surface area contributed by atoms with Crippen LogP contribution in [0.4, 0.5) is 5.69 Å². The van der Waals surface area contributed by atoms with E-state index in [1.165, 1.54) is 0 Å². The average molecular weight is 292 g/mol. The lowest BCUT2D eigenvalue weighted by Crippen LogP contribution is -2.11. The van der Waals surface area contributed by atoms with Crippen molar-refractivity contribution in [1.29, 1.82) is 0 Å². The smallest absolute Gasteiger partial charge is 0.123 e. The summed E-state index contributed by atoms with van der Waals surface area (Å²) in [5.41, 5.74) is 1.03. The summed E-state index contributed by atoms with van der Waals surface area (Å²) in [5.74, 6) is 1.64. The van der Waals surface area contributed by atoms with Crippen LogP contribution in [0.15, 0.2) is 48.5 Å². The third-order valence-electron chi connectivity index (χ3n) is 2.66. The Morgan fingerprint density at radius 2 is 1.70 bits per heavy atom. The van der Waals surface area contributed by atoms with Crippen LogP contribution in [0.25, 0.3) is 0 Å². The summed E-state index contributed by atoms with van der Waals surface area (Å²) in [6.07, 6.45) is 0. The molecule has 0 fully saturated rings. The van der Waals surface area contributed by atoms with Crippen molar-refractivity contribution in [3.05, 3.63) is 53.6 Å². The van der Waals surface area contributed by atoms with Crippen molar-refractivity contribution in [3.63, 3.8) is 0 Å². The van der Waals surface area contributed by atoms with Gasteiger partial charge in [0, 0.05) is 23.3 Å². The summed E-state index contributed by atoms with van der Waals surface area (Å²) in [4.78, 5) is 0. The second kappa shape index (κ2) is 7.65. The van der Waals surface area contributed by atoms with Crippen LogP contribution in [0, 0.1) is 0 Å². The number of rotatable bonds is 7. The van der Waals surface area contributed by atoms with Crippen molar-refractivity contribution in [2.24, 2.45) is 0 Å². The van der Waals surface area contributed by atoms with Crippen LogP contribution < -0.4 is 14.8 Å². The van der Waals surface area contributed by atoms with Gasteiger partial charge in [0.15, 0.2) is 0 Å². The lowest BCUT2D eigenvalue weighted by atomic mass is 10.3. The lowest BCUT2D eigenvalue weighted by molar-refractivity contribution is 0.319. The molecule has 0 saturated heterocycles. The topological polar surface area (TPSA) is 30.5 Å². The number of benzene rings is 2. The van der Waals surface area contributed by atoms with Crippen LogP contribution in [0.3, 0.4) is 0 Å². The summed E-state index contributed by atoms with van der Waals surface area (Å²) >= 11 is 5.83. The van der Waals surface area contributed by atoms with Crippen molar-refractivity contribution >= 4 is 17.3 Å². The Morgan fingerprint density at radius 3 is 2.40 bits per heavy atom. The zero-order chi connectivity index (χ0) is 14.2. The SMILES string of the molecule is CCOc1cccc(OCCNc2ccc(Cl)cc2)c1. The second-order valence-corrected chi connectivity index (χ2v) is 4.63. The fourth-order valence-electron chi connectivity index (χ4n) is 1.75. The number of hydrogen-bond acceptors (Lipinski definition) is 3. The summed E-state index contributed by atoms with van der Waals surface area (Å²) in [6.45, 7) is 3.92. The van der Waals surface area contributed by atoms with E-state index in [0.717, 1.165) is 28.8 Å². The van der Waals surface area contributed by atoms with E-state index in [4.69, 9.17) is 21.1 Å². The van der Waals surface area contributed by atoms with E-state index in [2.05, 4.69) is 5.32 Å². The summed E-state index contributed by atoms with van der Waals surface area (Å²) in [7, 11) is 0. The average Bonchev–Trinajstić information content (AvgIpc) is 2.46. The molecule has 1 N–H and O–H groups in total. The molecule has 0 atom stereocenters. The normalized spacial score (nSPS) is 10.1. The van der Waals surface area contributed by atoms with E-state index in [0.29, 0.717) is 13.2 Å². The van der Waals surface area contributed by atoms with Crippen molar-refractivity contribution < 1.29 is 9.47 Å². The molecule has 106 valence electrons. The van der Waals surface area contributed by atoms with Crippen LogP contribution in [0.5, 0.6) is 11.5 Å². The standard InChI is InChI=1S/C16H18ClNO2/c1-2-19-15-4-3-5-16(12-15)20-11-10-18-14-8-6-13(17)7-9-14/h3-9,12,18H,2,10-11H2,1H3. The van der Waals surface area contributed by atoms with Crippen molar-refractivity contribution in [2.45, 2.75) is 6.92 Å². The highest BCUT2D eigenvalue weighted by atomic mass is 35.5. The quantitative estimate of drug-likeness (QED) is 0.774. The molecule has 0 spiro atoms. The minimum Gasteiger partial charge on any atom is -0.494 e. The molecule has 0 aromatic heterocycles. The van der Waals surface area contributed by atoms with E-state index in [1.807, 2.05) is 55.5 Å². The lowest BCUT2D eigenvalue weighted by Gasteiger charge is -2.10. The molecule has 3 nitrogen and oxygen atoms in total. The zero-order valence-electron chi connectivity index (χ0n) is 11.4. The van der Waals surface area contributed by atoms with Crippen LogP contribution in [0.1, 0.15) is 6.92 Å². The van der Waals surface area contributed by atoms with E-state index in [9.17, 15) is 0 Å². The van der Waals surface area contributed by atoms with E-state index in [1.54, 1.807) is 0 Å². The van der Waals surface area contributed by atoms with Gasteiger partial charge in [0.2, 0.25) is 0 Å². The highest BCUT2D eigenvalue weighted by Crippen LogP contribution is 2.19. The van der Waals surface area contributed by atoms with Gasteiger partial charge in [-0.05, 0) is 43.3 Å². The van der Waals surface area contributed by atoms with Crippen molar-refractivity contribution in [2.75, 3.05) is 25.1 Å². The molecule has 20 heavy (non-hydrogen) atoms. The third kappa shape index (κ3) is 4.67. The largest absolute Gasteiger partial charge is 0.494 e. The first-order valence-electron chi connectivity index (χ1n) is 6.63. The number of nitrogens with one attached hydrogen (secondary N) is 1. The van der Waals surface area contributed by atoms with Crippen LogP contribution in [0.2, 0.25) is 5.02 Å². The number of anilines is 1. The zero-order valence-corrected chi connectivity index (χ0v) is 12.2. The molecule has 2 rings (SSSR count). The van der Waals surface area contributed by atoms with Crippen LogP contribution >= 0.6 is 11.6 Å². The maximum absolute atomic E-state index is 5.83. The Morgan fingerprint density at radius 1 is 1.00 bits per heavy atom. The Labute approximate surface area is 124 Å². The maximum atomic E-state index is 5.83. The van der Waals surface area contributed by atoms with Gasteiger partial charge < -0.3 is 14.8 Å². The monoisotopic (exact) mass is 291 g/mol. The Kier molecular flexibility index (Phi) is 5.56. The van der Waals surface area contributed by atoms with Gasteiger partial charge in [0.05, 0.1) is 6.61 Å². The minimum atomic E-state index is 0.582. The van der Waals surface area contributed by atoms with E-state index < -0.39 is 0 Å². The van der Waals surface area contributed by atoms with Gasteiger partial charge >= 0.3 is 0 Å². The van der Waals surface area contributed by atoms with Gasteiger partial charge in [-0.15, -0.1) is 0 Å². The highest BCUT2D eigenvalue weighted by molar-refractivity contribution is 6.30. The molecule has 0 bridgehead atoms. The van der Waals surface area contributed by atoms with Gasteiger partial charge in [-0.25, -0.2) is 0 Å². The van der Waals surface area contributed by atoms with Gasteiger partial charge in [0.1, 0.15) is 18.1 Å². The summed E-state index contributed by atoms with van der Waals surface area (Å²) in [6, 6.07) is 15.3. The number of halogens is 1. The molecular weight excluding hydrogens is 274 g/mol. The highest BCUT2D eigenvalue weighted by Gasteiger charge is 1.97. The van der Waals surface area contributed by atoms with E-state index in [-0.39, 0.29) is 0 Å². The first kappa shape index (κ1) is 14.5. The minimum absolute atomic E-state index is 0.582. The Balaban J connectivity index is 1.75. The summed E-state index contributed by atoms with van der Waals surface area (Å²) < 4.78 is 11.1. The fraction of sp³-hybridized carbons (Fsp3) is 0.250. The third-order valence-corrected chi connectivity index (χ3v) is 2.91. The van der Waals surface area contributed by atoms with Gasteiger partial charge in [-0.3, -0.25) is 0 Å². The van der Waals surface area contributed by atoms with E-state index >= 15 is 0 Å². The molecule has 0 aliphatic rings. The molecule has 0 aliphatic heterocycles. The molecule has 0 aliphatic carbocycles. The van der Waals surface area contributed by atoms with Gasteiger partial charge in [-0.2, -0.15) is 0 Å². The Bertz CT molecular complexity index is 528. The van der Waals surface area contributed by atoms with Gasteiger partial charge in [-0.1, -0.05) is 17.7 Å². The summed E-state index contributed by atoms with van der Waals surface area (Å²) in [5, 5.41) is 4.00. The Hall–Kier alpha value is -1.87. The molecule has 0 unspecified atom stereocenters. The van der Waals surface area contributed by atoms with Crippen LogP contribution in [-0.4, -0.2) is 19.8 Å². The molecule has 0 amide bonds. The molecule has 2 aromatic rings. The fourth-order valence-corrected chi connectivity index (χ4v) is 1.88. The van der Waals surface area contributed by atoms with Crippen molar-refractivity contribution in [3.8, 4) is 11.5 Å².